The summed E-state index contributed by atoms with van der Waals surface area (Å²) in [6.45, 7) is 2.34. The molecule has 1 aliphatic rings. The Morgan fingerprint density at radius 2 is 1.72 bits per heavy atom. The second kappa shape index (κ2) is 11.5. The highest BCUT2D eigenvalue weighted by Crippen LogP contribution is 2.40. The van der Waals surface area contributed by atoms with Crippen LogP contribution in [0.4, 0.5) is 13.2 Å². The van der Waals surface area contributed by atoms with Gasteiger partial charge in [-0.05, 0) is 29.3 Å². The Kier molecular flexibility index (Phi) is 8.34. The van der Waals surface area contributed by atoms with Crippen molar-refractivity contribution in [2.75, 3.05) is 13.1 Å². The molecule has 0 radical (unpaired) electrons. The third-order valence-corrected chi connectivity index (χ3v) is 6.79. The van der Waals surface area contributed by atoms with Gasteiger partial charge >= 0.3 is 0 Å². The molecule has 0 unspecified atom stereocenters. The molecule has 8 heteroatoms. The summed E-state index contributed by atoms with van der Waals surface area (Å²) in [5, 5.41) is 0.553. The third kappa shape index (κ3) is 5.59. The zero-order chi connectivity index (χ0) is 25.7. The first kappa shape index (κ1) is 26.2. The molecule has 0 aliphatic carbocycles. The van der Waals surface area contributed by atoms with E-state index in [1.54, 1.807) is 24.0 Å². The average Bonchev–Trinajstić information content (AvgIpc) is 2.91. The lowest BCUT2D eigenvalue weighted by Crippen LogP contribution is -2.57. The fourth-order valence-corrected chi connectivity index (χ4v) is 4.63. The zero-order valence-corrected chi connectivity index (χ0v) is 20.6. The predicted molar refractivity (Wildman–Crippen MR) is 131 cm³/mol. The highest BCUT2D eigenvalue weighted by atomic mass is 35.5. The average molecular weight is 518 g/mol. The summed E-state index contributed by atoms with van der Waals surface area (Å²) in [7, 11) is 0. The molecule has 1 saturated heterocycles. The molecule has 0 N–H and O–H groups in total. The number of hydrogen-bond donors (Lipinski definition) is 0. The second-order valence-corrected chi connectivity index (χ2v) is 9.18. The van der Waals surface area contributed by atoms with E-state index in [2.05, 4.69) is 0 Å². The molecular weight excluding hydrogens is 491 g/mol. The highest BCUT2D eigenvalue weighted by Gasteiger charge is 2.47. The maximum Gasteiger partial charge on any atom is 0.222 e. The summed E-state index contributed by atoms with van der Waals surface area (Å²) < 4.78 is 54.4. The monoisotopic (exact) mass is 517 g/mol. The van der Waals surface area contributed by atoms with Gasteiger partial charge in [0.15, 0.2) is 17.5 Å². The molecule has 4 rings (SSSR count). The van der Waals surface area contributed by atoms with Crippen molar-refractivity contribution in [3.8, 4) is 0 Å². The van der Waals surface area contributed by atoms with Crippen molar-refractivity contribution in [1.29, 1.82) is 0 Å². The van der Waals surface area contributed by atoms with E-state index in [1.165, 1.54) is 0 Å². The van der Waals surface area contributed by atoms with E-state index < -0.39 is 29.2 Å². The Hall–Kier alpha value is -2.87. The van der Waals surface area contributed by atoms with E-state index in [-0.39, 0.29) is 31.2 Å². The van der Waals surface area contributed by atoms with Gasteiger partial charge in [-0.3, -0.25) is 4.79 Å². The van der Waals surface area contributed by atoms with Gasteiger partial charge in [-0.15, -0.1) is 0 Å². The number of hydrogen-bond acceptors (Lipinski definition) is 3. The third-order valence-electron chi connectivity index (χ3n) is 6.54. The summed E-state index contributed by atoms with van der Waals surface area (Å²) in [4.78, 5) is 14.2. The smallest absolute Gasteiger partial charge is 0.222 e. The topological polar surface area (TPSA) is 38.8 Å². The molecule has 1 fully saturated rings. The van der Waals surface area contributed by atoms with E-state index >= 15 is 0 Å². The Balaban J connectivity index is 1.70. The number of carbonyl (C=O) groups is 1. The minimum absolute atomic E-state index is 0.0460. The van der Waals surface area contributed by atoms with E-state index in [0.29, 0.717) is 24.4 Å². The summed E-state index contributed by atoms with van der Waals surface area (Å²) in [5.41, 5.74) is 0.617. The first-order chi connectivity index (χ1) is 17.3. The van der Waals surface area contributed by atoms with Crippen LogP contribution in [0.3, 0.4) is 0 Å². The van der Waals surface area contributed by atoms with Crippen molar-refractivity contribution in [3.05, 3.63) is 106 Å². The Bertz CT molecular complexity index is 1190. The molecule has 3 aromatic carbocycles. The summed E-state index contributed by atoms with van der Waals surface area (Å²) in [6.07, 6.45) is 0.0146. The number of likely N-dealkylation sites (tertiary alicyclic amines) is 1. The van der Waals surface area contributed by atoms with Crippen LogP contribution in [0.2, 0.25) is 5.02 Å². The van der Waals surface area contributed by atoms with Crippen LogP contribution in [0, 0.1) is 17.5 Å². The number of amides is 1. The molecule has 0 bridgehead atoms. The lowest BCUT2D eigenvalue weighted by molar-refractivity contribution is -0.196. The summed E-state index contributed by atoms with van der Waals surface area (Å²) in [5.74, 6) is -4.16. The van der Waals surface area contributed by atoms with Gasteiger partial charge in [0, 0.05) is 30.0 Å². The number of halogens is 4. The van der Waals surface area contributed by atoms with Crippen molar-refractivity contribution < 1.29 is 27.4 Å². The molecule has 3 aromatic rings. The molecule has 1 heterocycles. The lowest BCUT2D eigenvalue weighted by Gasteiger charge is -2.47. The molecule has 190 valence electrons. The van der Waals surface area contributed by atoms with Crippen molar-refractivity contribution >= 4 is 17.5 Å². The predicted octanol–water partition coefficient (Wildman–Crippen LogP) is 6.40. The molecule has 0 saturated carbocycles. The van der Waals surface area contributed by atoms with Gasteiger partial charge in [-0.2, -0.15) is 0 Å². The zero-order valence-electron chi connectivity index (χ0n) is 19.9. The number of nitrogens with zero attached hydrogens (tertiary/aromatic N) is 1. The van der Waals surface area contributed by atoms with Gasteiger partial charge in [0.2, 0.25) is 5.91 Å². The first-order valence-electron chi connectivity index (χ1n) is 11.8. The van der Waals surface area contributed by atoms with Gasteiger partial charge in [-0.25, -0.2) is 13.2 Å². The Morgan fingerprint density at radius 1 is 1.00 bits per heavy atom. The lowest BCUT2D eigenvalue weighted by atomic mass is 9.81. The van der Waals surface area contributed by atoms with Gasteiger partial charge in [0.25, 0.3) is 0 Å². The van der Waals surface area contributed by atoms with E-state index in [9.17, 15) is 18.0 Å². The van der Waals surface area contributed by atoms with Crippen LogP contribution in [0.25, 0.3) is 0 Å². The normalized spacial score (nSPS) is 19.9. The fraction of sp³-hybridized carbons (Fsp3) is 0.321. The number of ether oxygens (including phenoxy) is 2. The van der Waals surface area contributed by atoms with Gasteiger partial charge in [0.05, 0.1) is 19.8 Å². The van der Waals surface area contributed by atoms with Crippen LogP contribution in [-0.2, 0) is 33.1 Å². The van der Waals surface area contributed by atoms with Crippen molar-refractivity contribution in [2.24, 2.45) is 0 Å². The molecule has 2 atom stereocenters. The van der Waals surface area contributed by atoms with Crippen LogP contribution in [0.15, 0.2) is 66.7 Å². The fourth-order valence-electron chi connectivity index (χ4n) is 4.50. The second-order valence-electron chi connectivity index (χ2n) is 8.75. The Morgan fingerprint density at radius 3 is 2.42 bits per heavy atom. The van der Waals surface area contributed by atoms with E-state index in [4.69, 9.17) is 21.1 Å². The summed E-state index contributed by atoms with van der Waals surface area (Å²) in [6, 6.07) is 18.8. The van der Waals surface area contributed by atoms with Crippen molar-refractivity contribution in [2.45, 2.75) is 44.7 Å². The van der Waals surface area contributed by atoms with Crippen LogP contribution in [0.5, 0.6) is 0 Å². The van der Waals surface area contributed by atoms with Gasteiger partial charge < -0.3 is 14.4 Å². The van der Waals surface area contributed by atoms with Gasteiger partial charge in [-0.1, -0.05) is 67.1 Å². The highest BCUT2D eigenvalue weighted by molar-refractivity contribution is 6.30. The van der Waals surface area contributed by atoms with E-state index in [1.807, 2.05) is 42.5 Å². The van der Waals surface area contributed by atoms with Crippen molar-refractivity contribution in [1.82, 2.24) is 4.90 Å². The molecule has 1 amide bonds. The van der Waals surface area contributed by atoms with Crippen molar-refractivity contribution in [3.63, 3.8) is 0 Å². The number of carbonyl (C=O) groups excluding carboxylic acids is 1. The molecule has 36 heavy (non-hydrogen) atoms. The van der Waals surface area contributed by atoms with Gasteiger partial charge in [0.1, 0.15) is 11.7 Å². The molecular formula is C28H27ClF3NO3. The van der Waals surface area contributed by atoms with Crippen LogP contribution < -0.4 is 0 Å². The molecule has 1 aliphatic heterocycles. The van der Waals surface area contributed by atoms with E-state index in [0.717, 1.165) is 23.3 Å². The maximum absolute atomic E-state index is 14.4. The largest absolute Gasteiger partial charge is 0.368 e. The Labute approximate surface area is 213 Å². The number of benzene rings is 3. The van der Waals surface area contributed by atoms with Crippen LogP contribution >= 0.6 is 11.6 Å². The SMILES string of the molecule is CCC(=O)N1CC[C@@](OCc2ccccc2)(c2ccc(Cl)cc2)[C@@H](OCc2ccc(F)c(F)c2F)C1. The quantitative estimate of drug-likeness (QED) is 0.325. The van der Waals surface area contributed by atoms with Crippen LogP contribution in [-0.4, -0.2) is 30.0 Å². The number of rotatable bonds is 8. The first-order valence-corrected chi connectivity index (χ1v) is 12.2. The summed E-state index contributed by atoms with van der Waals surface area (Å²) >= 11 is 6.14. The maximum atomic E-state index is 14.4. The minimum atomic E-state index is -1.55. The standard InChI is InChI=1S/C28H27ClF3NO3/c1-2-25(34)33-15-14-28(21-9-11-22(29)12-10-21,36-17-19-6-4-3-5-7-19)24(16-33)35-18-20-8-13-23(30)27(32)26(20)31/h3-13,24H,2,14-18H2,1H3/t24-,28+/m0/s1. The molecule has 0 aromatic heterocycles. The molecule has 4 nitrogen and oxygen atoms in total. The number of piperidine rings is 1. The minimum Gasteiger partial charge on any atom is -0.368 e. The van der Waals surface area contributed by atoms with Crippen LogP contribution in [0.1, 0.15) is 36.5 Å². The molecule has 0 spiro atoms.